The molecule has 2 aromatic rings. The Morgan fingerprint density at radius 1 is 1.13 bits per heavy atom. The van der Waals surface area contributed by atoms with Crippen molar-refractivity contribution in [3.05, 3.63) is 71.8 Å². The number of nitriles is 1. The second kappa shape index (κ2) is 9.95. The summed E-state index contributed by atoms with van der Waals surface area (Å²) in [6.07, 6.45) is 2.45. The summed E-state index contributed by atoms with van der Waals surface area (Å²) >= 11 is 0. The van der Waals surface area contributed by atoms with Crippen LogP contribution in [0.2, 0.25) is 25.7 Å². The Kier molecular flexibility index (Phi) is 7.32. The van der Waals surface area contributed by atoms with Crippen molar-refractivity contribution in [2.45, 2.75) is 50.2 Å². The monoisotopic (exact) mass is 434 g/mol. The molecule has 1 amide bonds. The molecular formula is C25H30N2O3Si. The minimum atomic E-state index is -1.29. The summed E-state index contributed by atoms with van der Waals surface area (Å²) in [4.78, 5) is 12.5. The highest BCUT2D eigenvalue weighted by Gasteiger charge is 2.29. The normalized spacial score (nSPS) is 15.1. The van der Waals surface area contributed by atoms with Gasteiger partial charge in [0.2, 0.25) is 0 Å². The first-order chi connectivity index (χ1) is 14.8. The molecule has 1 aliphatic rings. The Bertz CT molecular complexity index is 945. The van der Waals surface area contributed by atoms with E-state index < -0.39 is 26.3 Å². The van der Waals surface area contributed by atoms with Crippen molar-refractivity contribution >= 4 is 14.2 Å². The van der Waals surface area contributed by atoms with Crippen LogP contribution in [0.4, 0.5) is 4.79 Å². The van der Waals surface area contributed by atoms with Gasteiger partial charge in [-0.1, -0.05) is 80.3 Å². The highest BCUT2D eigenvalue weighted by atomic mass is 28.3. The molecule has 3 rings (SSSR count). The molecule has 0 bridgehead atoms. The molecule has 5 nitrogen and oxygen atoms in total. The van der Waals surface area contributed by atoms with Gasteiger partial charge in [0.05, 0.1) is 12.1 Å². The number of alkyl carbamates (subject to hydrolysis) is 1. The Labute approximate surface area is 185 Å². The quantitative estimate of drug-likeness (QED) is 0.345. The molecule has 31 heavy (non-hydrogen) atoms. The fourth-order valence-corrected chi connectivity index (χ4v) is 4.70. The van der Waals surface area contributed by atoms with Crippen molar-refractivity contribution in [1.29, 1.82) is 5.26 Å². The van der Waals surface area contributed by atoms with E-state index in [0.717, 1.165) is 28.3 Å². The lowest BCUT2D eigenvalue weighted by Crippen LogP contribution is -2.43. The number of aliphatic hydroxyl groups excluding tert-OH is 1. The number of hydrogen-bond acceptors (Lipinski definition) is 4. The molecule has 0 radical (unpaired) electrons. The minimum absolute atomic E-state index is 0.0332. The lowest BCUT2D eigenvalue weighted by molar-refractivity contribution is 0.123. The zero-order chi connectivity index (χ0) is 22.4. The van der Waals surface area contributed by atoms with E-state index in [0.29, 0.717) is 6.42 Å². The second-order valence-electron chi connectivity index (χ2n) is 9.12. The molecule has 0 saturated carbocycles. The smallest absolute Gasteiger partial charge is 0.407 e. The van der Waals surface area contributed by atoms with E-state index in [1.807, 2.05) is 36.4 Å². The molecular weight excluding hydrogens is 404 g/mol. The molecule has 2 N–H and O–H groups in total. The van der Waals surface area contributed by atoms with Crippen LogP contribution in [0, 0.1) is 11.3 Å². The Morgan fingerprint density at radius 3 is 2.26 bits per heavy atom. The fraction of sp³-hybridized carbons (Fsp3) is 0.360. The number of amides is 1. The summed E-state index contributed by atoms with van der Waals surface area (Å²) in [5, 5.41) is 21.8. The van der Waals surface area contributed by atoms with E-state index in [-0.39, 0.29) is 12.5 Å². The number of rotatable bonds is 8. The van der Waals surface area contributed by atoms with Crippen LogP contribution in [0.3, 0.4) is 0 Å². The number of ether oxygens (including phenoxy) is 1. The number of carbonyl (C=O) groups excluding carboxylic acids is 1. The predicted octanol–water partition coefficient (Wildman–Crippen LogP) is 5.06. The summed E-state index contributed by atoms with van der Waals surface area (Å²) in [5.41, 5.74) is 4.61. The van der Waals surface area contributed by atoms with Gasteiger partial charge in [0.25, 0.3) is 0 Å². The number of fused-ring (bicyclic) bond motifs is 3. The average molecular weight is 435 g/mol. The third-order valence-electron chi connectivity index (χ3n) is 5.45. The lowest BCUT2D eigenvalue weighted by atomic mass is 9.98. The summed E-state index contributed by atoms with van der Waals surface area (Å²) in [5.74, 6) is -0.0332. The third kappa shape index (κ3) is 5.84. The van der Waals surface area contributed by atoms with Gasteiger partial charge in [-0.2, -0.15) is 5.26 Å². The van der Waals surface area contributed by atoms with Crippen molar-refractivity contribution < 1.29 is 14.6 Å². The highest BCUT2D eigenvalue weighted by molar-refractivity contribution is 6.76. The summed E-state index contributed by atoms with van der Waals surface area (Å²) in [6, 6.07) is 18.4. The number of aliphatic hydroxyl groups is 1. The van der Waals surface area contributed by atoms with Crippen molar-refractivity contribution in [3.8, 4) is 17.2 Å². The maximum Gasteiger partial charge on any atom is 0.407 e. The van der Waals surface area contributed by atoms with E-state index >= 15 is 0 Å². The second-order valence-corrected chi connectivity index (χ2v) is 14.7. The first kappa shape index (κ1) is 22.8. The van der Waals surface area contributed by atoms with Gasteiger partial charge in [-0.25, -0.2) is 4.79 Å². The molecule has 2 atom stereocenters. The molecule has 6 heteroatoms. The number of hydrogen-bond donors (Lipinski definition) is 2. The van der Waals surface area contributed by atoms with Crippen LogP contribution in [-0.2, 0) is 4.74 Å². The van der Waals surface area contributed by atoms with Gasteiger partial charge in [-0.3, -0.25) is 0 Å². The topological polar surface area (TPSA) is 82.3 Å². The predicted molar refractivity (Wildman–Crippen MR) is 126 cm³/mol. The first-order valence-electron chi connectivity index (χ1n) is 10.6. The van der Waals surface area contributed by atoms with Gasteiger partial charge < -0.3 is 15.2 Å². The van der Waals surface area contributed by atoms with Crippen LogP contribution in [0.5, 0.6) is 0 Å². The van der Waals surface area contributed by atoms with Gasteiger partial charge in [0.15, 0.2) is 6.10 Å². The minimum Gasteiger partial charge on any atom is -0.449 e. The average Bonchev–Trinajstić information content (AvgIpc) is 3.07. The van der Waals surface area contributed by atoms with Crippen LogP contribution in [-0.4, -0.2) is 38.0 Å². The Balaban J connectivity index is 1.62. The van der Waals surface area contributed by atoms with Crippen LogP contribution in [0.1, 0.15) is 23.5 Å². The van der Waals surface area contributed by atoms with Gasteiger partial charge in [0, 0.05) is 14.0 Å². The summed E-state index contributed by atoms with van der Waals surface area (Å²) in [7, 11) is -1.21. The van der Waals surface area contributed by atoms with Crippen LogP contribution in [0.15, 0.2) is 60.7 Å². The number of benzene rings is 2. The van der Waals surface area contributed by atoms with Gasteiger partial charge in [-0.05, 0) is 34.7 Å². The maximum atomic E-state index is 12.5. The molecule has 162 valence electrons. The molecule has 0 spiro atoms. The summed E-state index contributed by atoms with van der Waals surface area (Å²) in [6.45, 7) is 7.01. The summed E-state index contributed by atoms with van der Waals surface area (Å²) < 4.78 is 5.54. The van der Waals surface area contributed by atoms with E-state index in [1.165, 1.54) is 0 Å². The standard InChI is InChI=1S/C25H30N2O3Si/c1-31(2,3)15-9-8-14-23(24(28)16-26)27-25(29)30-17-22-20-12-6-4-10-18(20)19-11-5-7-13-21(19)22/h4-13,22-24,28H,14-15,17H2,1-3H3,(H,27,29)/b9-8+/t23-,24?/m0/s1. The third-order valence-corrected chi connectivity index (χ3v) is 6.91. The largest absolute Gasteiger partial charge is 0.449 e. The van der Waals surface area contributed by atoms with E-state index in [9.17, 15) is 9.90 Å². The van der Waals surface area contributed by atoms with E-state index in [1.54, 1.807) is 0 Å². The molecule has 1 aliphatic carbocycles. The number of nitrogens with one attached hydrogen (secondary N) is 1. The van der Waals surface area contributed by atoms with Crippen LogP contribution < -0.4 is 5.32 Å². The van der Waals surface area contributed by atoms with E-state index in [2.05, 4.69) is 55.3 Å². The number of nitrogens with zero attached hydrogens (tertiary/aromatic N) is 1. The SMILES string of the molecule is C[Si](C)(C)C/C=C/C[C@H](NC(=O)OCC1c2ccccc2-c2ccccc21)C(O)C#N. The lowest BCUT2D eigenvalue weighted by Gasteiger charge is -2.20. The van der Waals surface area contributed by atoms with Gasteiger partial charge in [0.1, 0.15) is 6.61 Å². The van der Waals surface area contributed by atoms with E-state index in [4.69, 9.17) is 10.00 Å². The van der Waals surface area contributed by atoms with Crippen molar-refractivity contribution in [3.63, 3.8) is 0 Å². The molecule has 0 aromatic heterocycles. The van der Waals surface area contributed by atoms with Gasteiger partial charge in [-0.15, -0.1) is 0 Å². The Morgan fingerprint density at radius 2 is 1.71 bits per heavy atom. The highest BCUT2D eigenvalue weighted by Crippen LogP contribution is 2.44. The number of allylic oxidation sites excluding steroid dienone is 1. The zero-order valence-corrected chi connectivity index (χ0v) is 19.3. The zero-order valence-electron chi connectivity index (χ0n) is 18.3. The first-order valence-corrected chi connectivity index (χ1v) is 14.3. The van der Waals surface area contributed by atoms with Gasteiger partial charge >= 0.3 is 6.09 Å². The number of carbonyl (C=O) groups is 1. The molecule has 0 saturated heterocycles. The molecule has 1 unspecified atom stereocenters. The molecule has 0 heterocycles. The maximum absolute atomic E-state index is 12.5. The van der Waals surface area contributed by atoms with Crippen LogP contribution >= 0.6 is 0 Å². The van der Waals surface area contributed by atoms with Crippen molar-refractivity contribution in [2.75, 3.05) is 6.61 Å². The fourth-order valence-electron chi connectivity index (χ4n) is 3.83. The van der Waals surface area contributed by atoms with Crippen molar-refractivity contribution in [1.82, 2.24) is 5.32 Å². The Hall–Kier alpha value is -2.88. The molecule has 0 fully saturated rings. The molecule has 2 aromatic carbocycles. The van der Waals surface area contributed by atoms with Crippen molar-refractivity contribution in [2.24, 2.45) is 0 Å². The van der Waals surface area contributed by atoms with Crippen LogP contribution in [0.25, 0.3) is 11.1 Å². The molecule has 0 aliphatic heterocycles.